The molecule has 1 aromatic heterocycles. The van der Waals surface area contributed by atoms with E-state index in [1.165, 1.54) is 0 Å². The number of methoxy groups -OCH3 is 1. The van der Waals surface area contributed by atoms with Crippen LogP contribution in [0.2, 0.25) is 0 Å². The van der Waals surface area contributed by atoms with Crippen molar-refractivity contribution in [2.24, 2.45) is 0 Å². The molecule has 1 N–H and O–H groups in total. The van der Waals surface area contributed by atoms with Gasteiger partial charge in [0.15, 0.2) is 0 Å². The quantitative estimate of drug-likeness (QED) is 0.923. The summed E-state index contributed by atoms with van der Waals surface area (Å²) >= 11 is 0. The van der Waals surface area contributed by atoms with E-state index >= 15 is 0 Å². The Morgan fingerprint density at radius 3 is 2.78 bits per heavy atom. The van der Waals surface area contributed by atoms with Crippen LogP contribution in [0.1, 0.15) is 44.7 Å². The van der Waals surface area contributed by atoms with E-state index in [0.717, 1.165) is 57.4 Å². The van der Waals surface area contributed by atoms with E-state index in [4.69, 9.17) is 9.47 Å². The molecule has 1 aromatic rings. The molecule has 128 valence electrons. The summed E-state index contributed by atoms with van der Waals surface area (Å²) in [6, 6.07) is 5.90. The zero-order chi connectivity index (χ0) is 16.3. The Kier molecular flexibility index (Phi) is 4.90. The van der Waals surface area contributed by atoms with Crippen molar-refractivity contribution in [1.82, 2.24) is 9.88 Å². The number of aromatic nitrogens is 1. The number of nitrogens with zero attached hydrogens (tertiary/aromatic N) is 2. The predicted octanol–water partition coefficient (Wildman–Crippen LogP) is 2.38. The normalized spacial score (nSPS) is 28.0. The summed E-state index contributed by atoms with van der Waals surface area (Å²) in [4.78, 5) is 6.90. The van der Waals surface area contributed by atoms with Gasteiger partial charge in [-0.05, 0) is 31.7 Å². The highest BCUT2D eigenvalue weighted by molar-refractivity contribution is 5.15. The van der Waals surface area contributed by atoms with E-state index in [0.29, 0.717) is 12.5 Å². The summed E-state index contributed by atoms with van der Waals surface area (Å²) in [5.74, 6) is 0.666. The third-order valence-corrected chi connectivity index (χ3v) is 5.43. The Bertz CT molecular complexity index is 529. The smallest absolute Gasteiger partial charge is 0.213 e. The first-order valence-electron chi connectivity index (χ1n) is 8.65. The molecule has 0 amide bonds. The van der Waals surface area contributed by atoms with Gasteiger partial charge in [0.2, 0.25) is 5.88 Å². The number of aliphatic hydroxyl groups is 1. The Labute approximate surface area is 138 Å². The fourth-order valence-electron chi connectivity index (χ4n) is 3.83. The van der Waals surface area contributed by atoms with Crippen molar-refractivity contribution in [3.05, 3.63) is 23.9 Å². The summed E-state index contributed by atoms with van der Waals surface area (Å²) in [6.07, 6.45) is 4.33. The fraction of sp³-hybridized carbons (Fsp3) is 0.722. The van der Waals surface area contributed by atoms with Crippen molar-refractivity contribution in [2.45, 2.75) is 56.8 Å². The minimum absolute atomic E-state index is 0.124. The highest BCUT2D eigenvalue weighted by atomic mass is 16.5. The molecule has 2 fully saturated rings. The van der Waals surface area contributed by atoms with E-state index in [2.05, 4.69) is 16.8 Å². The van der Waals surface area contributed by atoms with Gasteiger partial charge in [-0.2, -0.15) is 0 Å². The molecule has 0 saturated carbocycles. The van der Waals surface area contributed by atoms with Crippen LogP contribution in [0, 0.1) is 0 Å². The number of piperidine rings is 1. The van der Waals surface area contributed by atoms with Crippen molar-refractivity contribution in [3.63, 3.8) is 0 Å². The second-order valence-corrected chi connectivity index (χ2v) is 6.98. The van der Waals surface area contributed by atoms with Gasteiger partial charge < -0.3 is 14.6 Å². The summed E-state index contributed by atoms with van der Waals surface area (Å²) in [6.45, 7) is 5.56. The van der Waals surface area contributed by atoms with Crippen LogP contribution in [0.15, 0.2) is 18.2 Å². The number of likely N-dealkylation sites (tertiary alicyclic amines) is 1. The van der Waals surface area contributed by atoms with E-state index in [1.54, 1.807) is 7.11 Å². The third kappa shape index (κ3) is 3.84. The van der Waals surface area contributed by atoms with Crippen LogP contribution in [0.3, 0.4) is 0 Å². The Morgan fingerprint density at radius 2 is 2.09 bits per heavy atom. The summed E-state index contributed by atoms with van der Waals surface area (Å²) < 4.78 is 11.3. The van der Waals surface area contributed by atoms with Crippen LogP contribution < -0.4 is 4.74 Å². The first-order chi connectivity index (χ1) is 11.1. The fourth-order valence-corrected chi connectivity index (χ4v) is 3.83. The zero-order valence-electron chi connectivity index (χ0n) is 14.3. The molecule has 2 aliphatic rings. The van der Waals surface area contributed by atoms with Crippen molar-refractivity contribution in [2.75, 3.05) is 26.8 Å². The van der Waals surface area contributed by atoms with Gasteiger partial charge in [0.1, 0.15) is 0 Å². The summed E-state index contributed by atoms with van der Waals surface area (Å²) in [5.41, 5.74) is 0.380. The lowest BCUT2D eigenvalue weighted by atomic mass is 9.76. The highest BCUT2D eigenvalue weighted by Gasteiger charge is 2.45. The average Bonchev–Trinajstić information content (AvgIpc) is 2.57. The molecule has 1 unspecified atom stereocenters. The lowest BCUT2D eigenvalue weighted by Gasteiger charge is -2.49. The molecule has 2 saturated heterocycles. The molecule has 0 bridgehead atoms. The molecule has 3 heterocycles. The minimum atomic E-state index is -0.533. The Hall–Kier alpha value is -1.17. The van der Waals surface area contributed by atoms with Gasteiger partial charge in [-0.15, -0.1) is 0 Å². The Balaban J connectivity index is 1.57. The topological polar surface area (TPSA) is 54.8 Å². The zero-order valence-corrected chi connectivity index (χ0v) is 14.3. The second kappa shape index (κ2) is 6.75. The van der Waals surface area contributed by atoms with Gasteiger partial charge >= 0.3 is 0 Å². The van der Waals surface area contributed by atoms with E-state index < -0.39 is 5.60 Å². The molecule has 5 nitrogen and oxygen atoms in total. The van der Waals surface area contributed by atoms with E-state index in [-0.39, 0.29) is 5.60 Å². The molecule has 1 atom stereocenters. The third-order valence-electron chi connectivity index (χ3n) is 5.43. The van der Waals surface area contributed by atoms with E-state index in [1.807, 2.05) is 18.2 Å². The Morgan fingerprint density at radius 1 is 1.30 bits per heavy atom. The standard InChI is InChI=1S/C18H28N2O3/c1-3-17(21)9-12-23-18(14-17)7-10-20(11-8-18)13-15-5-4-6-16(19-15)22-2/h4-6,21H,3,7-14H2,1-2H3. The van der Waals surface area contributed by atoms with Crippen LogP contribution in [0.25, 0.3) is 0 Å². The number of hydrogen-bond acceptors (Lipinski definition) is 5. The van der Waals surface area contributed by atoms with Crippen molar-refractivity contribution >= 4 is 0 Å². The first-order valence-corrected chi connectivity index (χ1v) is 8.65. The van der Waals surface area contributed by atoms with Gasteiger partial charge in [0, 0.05) is 32.1 Å². The van der Waals surface area contributed by atoms with Crippen molar-refractivity contribution in [1.29, 1.82) is 0 Å². The predicted molar refractivity (Wildman–Crippen MR) is 88.5 cm³/mol. The van der Waals surface area contributed by atoms with Crippen LogP contribution in [0.5, 0.6) is 5.88 Å². The van der Waals surface area contributed by atoms with Crippen LogP contribution >= 0.6 is 0 Å². The highest BCUT2D eigenvalue weighted by Crippen LogP contribution is 2.41. The van der Waals surface area contributed by atoms with Crippen molar-refractivity contribution < 1.29 is 14.6 Å². The molecular formula is C18H28N2O3. The van der Waals surface area contributed by atoms with Gasteiger partial charge in [0.25, 0.3) is 0 Å². The van der Waals surface area contributed by atoms with Gasteiger partial charge in [-0.25, -0.2) is 4.98 Å². The second-order valence-electron chi connectivity index (χ2n) is 6.98. The molecule has 3 rings (SSSR count). The molecule has 23 heavy (non-hydrogen) atoms. The molecule has 0 aromatic carbocycles. The number of ether oxygens (including phenoxy) is 2. The monoisotopic (exact) mass is 320 g/mol. The van der Waals surface area contributed by atoms with E-state index in [9.17, 15) is 5.11 Å². The summed E-state index contributed by atoms with van der Waals surface area (Å²) in [7, 11) is 1.64. The van der Waals surface area contributed by atoms with Gasteiger partial charge in [0.05, 0.1) is 30.6 Å². The maximum absolute atomic E-state index is 10.6. The van der Waals surface area contributed by atoms with Crippen molar-refractivity contribution in [3.8, 4) is 5.88 Å². The lowest BCUT2D eigenvalue weighted by molar-refractivity contribution is -0.179. The lowest BCUT2D eigenvalue weighted by Crippen LogP contribution is -2.54. The first kappa shape index (κ1) is 16.7. The average molecular weight is 320 g/mol. The molecule has 0 radical (unpaired) electrons. The van der Waals surface area contributed by atoms with Crippen LogP contribution in [0.4, 0.5) is 0 Å². The number of rotatable bonds is 4. The summed E-state index contributed by atoms with van der Waals surface area (Å²) in [5, 5.41) is 10.6. The molecule has 0 aliphatic carbocycles. The molecule has 1 spiro atoms. The van der Waals surface area contributed by atoms with Gasteiger partial charge in [-0.3, -0.25) is 4.90 Å². The minimum Gasteiger partial charge on any atom is -0.481 e. The number of hydrogen-bond donors (Lipinski definition) is 1. The largest absolute Gasteiger partial charge is 0.481 e. The van der Waals surface area contributed by atoms with Gasteiger partial charge in [-0.1, -0.05) is 13.0 Å². The van der Waals surface area contributed by atoms with Crippen LogP contribution in [-0.4, -0.2) is 53.0 Å². The van der Waals surface area contributed by atoms with Crippen LogP contribution in [-0.2, 0) is 11.3 Å². The number of pyridine rings is 1. The maximum atomic E-state index is 10.6. The molecular weight excluding hydrogens is 292 g/mol. The maximum Gasteiger partial charge on any atom is 0.213 e. The molecule has 2 aliphatic heterocycles. The SMILES string of the molecule is CCC1(O)CCOC2(CCN(Cc3cccc(OC)n3)CC2)C1. The molecule has 5 heteroatoms.